The van der Waals surface area contributed by atoms with Crippen molar-refractivity contribution in [2.45, 2.75) is 64.6 Å². The summed E-state index contributed by atoms with van der Waals surface area (Å²) in [5.74, 6) is 0.568. The summed E-state index contributed by atoms with van der Waals surface area (Å²) < 4.78 is 12.3. The Bertz CT molecular complexity index is 665. The number of anilines is 1. The van der Waals surface area contributed by atoms with Crippen molar-refractivity contribution in [2.24, 2.45) is 5.92 Å². The van der Waals surface area contributed by atoms with Crippen LogP contribution in [0.4, 0.5) is 5.69 Å². The van der Waals surface area contributed by atoms with E-state index in [4.69, 9.17) is 9.31 Å². The number of hydrogen-bond acceptors (Lipinski definition) is 3. The molecule has 1 amide bonds. The Morgan fingerprint density at radius 1 is 1.17 bits per heavy atom. The summed E-state index contributed by atoms with van der Waals surface area (Å²) in [4.78, 5) is 14.5. The molecule has 4 nitrogen and oxygen atoms in total. The van der Waals surface area contributed by atoms with E-state index < -0.39 is 0 Å². The van der Waals surface area contributed by atoms with Gasteiger partial charge in [0.05, 0.1) is 11.2 Å². The van der Waals surface area contributed by atoms with Crippen LogP contribution in [0, 0.1) is 5.92 Å². The first-order valence-electron chi connectivity index (χ1n) is 9.08. The summed E-state index contributed by atoms with van der Waals surface area (Å²) in [6.45, 7) is 9.13. The molecular weight excluding hydrogens is 301 g/mol. The number of fused-ring (bicyclic) bond motifs is 1. The van der Waals surface area contributed by atoms with E-state index in [1.165, 1.54) is 5.56 Å². The second-order valence-electron chi connectivity index (χ2n) is 8.34. The third-order valence-corrected chi connectivity index (χ3v) is 5.94. The van der Waals surface area contributed by atoms with Gasteiger partial charge in [0.2, 0.25) is 5.91 Å². The number of nitrogens with zero attached hydrogens (tertiary/aromatic N) is 1. The van der Waals surface area contributed by atoms with E-state index >= 15 is 0 Å². The van der Waals surface area contributed by atoms with E-state index in [0.29, 0.717) is 5.91 Å². The summed E-state index contributed by atoms with van der Waals surface area (Å²) in [5, 5.41) is 0. The average Bonchev–Trinajstić information content (AvgIpc) is 3.33. The van der Waals surface area contributed by atoms with Crippen molar-refractivity contribution >= 4 is 24.2 Å². The van der Waals surface area contributed by atoms with Crippen LogP contribution in [-0.2, 0) is 20.5 Å². The monoisotopic (exact) mass is 327 g/mol. The van der Waals surface area contributed by atoms with Crippen molar-refractivity contribution in [3.63, 3.8) is 0 Å². The first-order chi connectivity index (χ1) is 11.3. The summed E-state index contributed by atoms with van der Waals surface area (Å²) in [5.41, 5.74) is 2.71. The second-order valence-corrected chi connectivity index (χ2v) is 8.34. The standard InChI is InChI=1S/C19H26BNO3/c1-18(2)19(3,4)24-20(23-18)15-9-10-16-14(12-15)6-5-11-21(16)17(22)13-7-8-13/h9-10,12-13H,5-8,11H2,1-4H3. The fourth-order valence-electron chi connectivity index (χ4n) is 3.52. The maximum Gasteiger partial charge on any atom is 0.494 e. The SMILES string of the molecule is CC1(C)OB(c2ccc3c(c2)CCCN3C(=O)C2CC2)OC1(C)C. The summed E-state index contributed by atoms with van der Waals surface area (Å²) in [6, 6.07) is 6.30. The third-order valence-electron chi connectivity index (χ3n) is 5.94. The Balaban J connectivity index is 1.61. The van der Waals surface area contributed by atoms with Gasteiger partial charge in [0.1, 0.15) is 0 Å². The minimum absolute atomic E-state index is 0.263. The van der Waals surface area contributed by atoms with Crippen LogP contribution in [0.5, 0.6) is 0 Å². The zero-order valence-corrected chi connectivity index (χ0v) is 15.1. The van der Waals surface area contributed by atoms with Crippen LogP contribution in [0.2, 0.25) is 0 Å². The Labute approximate surface area is 144 Å². The number of aryl methyl sites for hydroxylation is 1. The first kappa shape index (κ1) is 16.2. The van der Waals surface area contributed by atoms with Crippen LogP contribution in [0.1, 0.15) is 52.5 Å². The minimum atomic E-state index is -0.338. The molecule has 0 N–H and O–H groups in total. The molecule has 0 unspecified atom stereocenters. The predicted molar refractivity (Wildman–Crippen MR) is 95.6 cm³/mol. The van der Waals surface area contributed by atoms with Crippen LogP contribution in [0.25, 0.3) is 0 Å². The van der Waals surface area contributed by atoms with Gasteiger partial charge in [-0.1, -0.05) is 12.1 Å². The fourth-order valence-corrected chi connectivity index (χ4v) is 3.52. The molecule has 0 bridgehead atoms. The molecule has 24 heavy (non-hydrogen) atoms. The van der Waals surface area contributed by atoms with Crippen molar-refractivity contribution in [1.29, 1.82) is 0 Å². The topological polar surface area (TPSA) is 38.8 Å². The number of hydrogen-bond donors (Lipinski definition) is 0. The van der Waals surface area contributed by atoms with Gasteiger partial charge in [-0.3, -0.25) is 4.79 Å². The normalized spacial score (nSPS) is 24.8. The average molecular weight is 327 g/mol. The van der Waals surface area contributed by atoms with E-state index in [2.05, 4.69) is 45.9 Å². The Morgan fingerprint density at radius 2 is 1.83 bits per heavy atom. The molecule has 0 aromatic heterocycles. The van der Waals surface area contributed by atoms with Gasteiger partial charge in [0, 0.05) is 18.2 Å². The van der Waals surface area contributed by atoms with Crippen LogP contribution in [0.3, 0.4) is 0 Å². The van der Waals surface area contributed by atoms with Gasteiger partial charge >= 0.3 is 7.12 Å². The van der Waals surface area contributed by atoms with Crippen molar-refractivity contribution in [1.82, 2.24) is 0 Å². The molecule has 1 saturated carbocycles. The van der Waals surface area contributed by atoms with Gasteiger partial charge in [0.25, 0.3) is 0 Å². The number of rotatable bonds is 2. The molecule has 128 valence electrons. The van der Waals surface area contributed by atoms with E-state index in [1.54, 1.807) is 0 Å². The molecule has 2 heterocycles. The van der Waals surface area contributed by atoms with Gasteiger partial charge < -0.3 is 14.2 Å². The van der Waals surface area contributed by atoms with Gasteiger partial charge in [-0.05, 0) is 70.5 Å². The van der Waals surface area contributed by atoms with E-state index in [9.17, 15) is 4.79 Å². The van der Waals surface area contributed by atoms with E-state index in [-0.39, 0.29) is 24.2 Å². The molecule has 2 fully saturated rings. The maximum atomic E-state index is 12.5. The number of benzene rings is 1. The van der Waals surface area contributed by atoms with Gasteiger partial charge in [-0.2, -0.15) is 0 Å². The van der Waals surface area contributed by atoms with Gasteiger partial charge in [0.15, 0.2) is 0 Å². The molecular formula is C19H26BNO3. The van der Waals surface area contributed by atoms with Crippen LogP contribution in [-0.4, -0.2) is 30.8 Å². The van der Waals surface area contributed by atoms with Gasteiger partial charge in [-0.15, -0.1) is 0 Å². The molecule has 0 radical (unpaired) electrons. The largest absolute Gasteiger partial charge is 0.494 e. The fraction of sp³-hybridized carbons (Fsp3) is 0.632. The molecule has 5 heteroatoms. The minimum Gasteiger partial charge on any atom is -0.399 e. The van der Waals surface area contributed by atoms with Crippen LogP contribution in [0.15, 0.2) is 18.2 Å². The highest BCUT2D eigenvalue weighted by Crippen LogP contribution is 2.38. The van der Waals surface area contributed by atoms with E-state index in [1.807, 2.05) is 4.90 Å². The number of carbonyl (C=O) groups excluding carboxylic acids is 1. The quantitative estimate of drug-likeness (QED) is 0.784. The smallest absolute Gasteiger partial charge is 0.399 e. The molecule has 3 aliphatic rings. The molecule has 1 aromatic rings. The number of amides is 1. The van der Waals surface area contributed by atoms with Crippen molar-refractivity contribution in [2.75, 3.05) is 11.4 Å². The third kappa shape index (κ3) is 2.58. The molecule has 1 saturated heterocycles. The lowest BCUT2D eigenvalue weighted by Crippen LogP contribution is -2.41. The molecule has 0 atom stereocenters. The second kappa shape index (κ2) is 5.33. The Kier molecular flexibility index (Phi) is 3.59. The first-order valence-corrected chi connectivity index (χ1v) is 9.08. The summed E-state index contributed by atoms with van der Waals surface area (Å²) in [7, 11) is -0.338. The Hall–Kier alpha value is -1.33. The van der Waals surface area contributed by atoms with Crippen molar-refractivity contribution in [3.8, 4) is 0 Å². The lowest BCUT2D eigenvalue weighted by Gasteiger charge is -2.32. The summed E-state index contributed by atoms with van der Waals surface area (Å²) in [6.07, 6.45) is 4.14. The highest BCUT2D eigenvalue weighted by atomic mass is 16.7. The molecule has 0 spiro atoms. The molecule has 4 rings (SSSR count). The van der Waals surface area contributed by atoms with Crippen LogP contribution >= 0.6 is 0 Å². The maximum absolute atomic E-state index is 12.5. The zero-order valence-electron chi connectivity index (χ0n) is 15.1. The van der Waals surface area contributed by atoms with Crippen molar-refractivity contribution in [3.05, 3.63) is 23.8 Å². The van der Waals surface area contributed by atoms with Crippen molar-refractivity contribution < 1.29 is 14.1 Å². The lowest BCUT2D eigenvalue weighted by atomic mass is 9.77. The highest BCUT2D eigenvalue weighted by molar-refractivity contribution is 6.62. The molecule has 1 aliphatic carbocycles. The number of carbonyl (C=O) groups is 1. The van der Waals surface area contributed by atoms with Crippen LogP contribution < -0.4 is 10.4 Å². The lowest BCUT2D eigenvalue weighted by molar-refractivity contribution is -0.119. The molecule has 2 aliphatic heterocycles. The zero-order chi connectivity index (χ0) is 17.1. The highest BCUT2D eigenvalue weighted by Gasteiger charge is 2.51. The predicted octanol–water partition coefficient (Wildman–Crippen LogP) is 2.68. The summed E-state index contributed by atoms with van der Waals surface area (Å²) >= 11 is 0. The molecule has 1 aromatic carbocycles. The van der Waals surface area contributed by atoms with Gasteiger partial charge in [-0.25, -0.2) is 0 Å². The Morgan fingerprint density at radius 3 is 2.46 bits per heavy atom. The van der Waals surface area contributed by atoms with E-state index in [0.717, 1.165) is 43.4 Å².